The van der Waals surface area contributed by atoms with E-state index < -0.39 is 0 Å². The summed E-state index contributed by atoms with van der Waals surface area (Å²) in [6, 6.07) is 0.492. The number of aliphatic imine (C=N–C) groups is 1. The van der Waals surface area contributed by atoms with Crippen molar-refractivity contribution in [1.82, 2.24) is 5.32 Å². The number of halogens is 2. The van der Waals surface area contributed by atoms with Gasteiger partial charge < -0.3 is 11.1 Å². The fourth-order valence-corrected chi connectivity index (χ4v) is 3.85. The molecule has 1 saturated carbocycles. The van der Waals surface area contributed by atoms with Crippen LogP contribution < -0.4 is 11.1 Å². The van der Waals surface area contributed by atoms with Crippen molar-refractivity contribution in [2.75, 3.05) is 6.54 Å². The maximum absolute atomic E-state index is 5.78. The van der Waals surface area contributed by atoms with E-state index in [-0.39, 0.29) is 24.8 Å². The predicted molar refractivity (Wildman–Crippen MR) is 81.8 cm³/mol. The average molecular weight is 300 g/mol. The van der Waals surface area contributed by atoms with E-state index in [1.807, 2.05) is 0 Å². The Balaban J connectivity index is 0.00000128. The summed E-state index contributed by atoms with van der Waals surface area (Å²) in [6.45, 7) is 5.68. The minimum atomic E-state index is 0. The van der Waals surface area contributed by atoms with Crippen molar-refractivity contribution in [3.63, 3.8) is 0 Å². The van der Waals surface area contributed by atoms with Crippen molar-refractivity contribution < 1.29 is 0 Å². The second kappa shape index (κ2) is 7.07. The molecule has 3 N–H and O–H groups in total. The molecule has 0 aromatic heterocycles. The van der Waals surface area contributed by atoms with Crippen LogP contribution in [0.5, 0.6) is 0 Å². The molecule has 0 spiro atoms. The molecule has 0 radical (unpaired) electrons. The summed E-state index contributed by atoms with van der Waals surface area (Å²) in [7, 11) is 0. The smallest absolute Gasteiger partial charge is 0.154 e. The number of amidine groups is 1. The lowest BCUT2D eigenvalue weighted by atomic mass is 9.80. The molecule has 2 rings (SSSR count). The highest BCUT2D eigenvalue weighted by Gasteiger charge is 2.40. The lowest BCUT2D eigenvalue weighted by molar-refractivity contribution is 0.247. The first kappa shape index (κ1) is 17.4. The summed E-state index contributed by atoms with van der Waals surface area (Å²) in [6.07, 6.45) is 4.82. The topological polar surface area (TPSA) is 50.4 Å². The van der Waals surface area contributed by atoms with Crippen LogP contribution in [0.1, 0.15) is 39.5 Å². The molecule has 1 fully saturated rings. The number of fused-ring (bicyclic) bond motifs is 1. The molecule has 1 aliphatic carbocycles. The zero-order chi connectivity index (χ0) is 10.9. The van der Waals surface area contributed by atoms with Gasteiger partial charge in [0.1, 0.15) is 0 Å². The Morgan fingerprint density at radius 1 is 1.53 bits per heavy atom. The van der Waals surface area contributed by atoms with Crippen molar-refractivity contribution >= 4 is 41.7 Å². The number of rotatable bonds is 3. The van der Waals surface area contributed by atoms with Crippen LogP contribution in [0.2, 0.25) is 0 Å². The van der Waals surface area contributed by atoms with Crippen LogP contribution in [-0.4, -0.2) is 28.5 Å². The highest BCUT2D eigenvalue weighted by Crippen LogP contribution is 2.40. The van der Waals surface area contributed by atoms with Gasteiger partial charge in [-0.25, -0.2) is 0 Å². The predicted octanol–water partition coefficient (Wildman–Crippen LogP) is 2.57. The molecule has 0 saturated heterocycles. The standard InChI is InChI=1S/C11H21N3S.2ClH/c1-3-6-13-11(2)5-4-8-9(7-11)15-10(12)14-8;;/h8-9,13H,3-7H2,1-2H3,(H2,12,14);2*1H/t8?,9?,11-;;/m1../s1. The van der Waals surface area contributed by atoms with Gasteiger partial charge in [-0.1, -0.05) is 18.7 Å². The van der Waals surface area contributed by atoms with E-state index in [1.165, 1.54) is 25.7 Å². The first-order chi connectivity index (χ1) is 7.13. The van der Waals surface area contributed by atoms with E-state index in [0.717, 1.165) is 11.7 Å². The molecule has 0 bridgehead atoms. The third kappa shape index (κ3) is 4.19. The lowest BCUT2D eigenvalue weighted by Crippen LogP contribution is -2.49. The Hall–Kier alpha value is 0.360. The monoisotopic (exact) mass is 299 g/mol. The van der Waals surface area contributed by atoms with E-state index in [4.69, 9.17) is 5.73 Å². The minimum Gasteiger partial charge on any atom is -0.379 e. The number of nitrogens with one attached hydrogen (secondary N) is 1. The van der Waals surface area contributed by atoms with Crippen LogP contribution in [0.3, 0.4) is 0 Å². The average Bonchev–Trinajstić information content (AvgIpc) is 2.54. The van der Waals surface area contributed by atoms with Crippen LogP contribution in [-0.2, 0) is 0 Å². The van der Waals surface area contributed by atoms with Gasteiger partial charge in [-0.15, -0.1) is 24.8 Å². The van der Waals surface area contributed by atoms with Crippen molar-refractivity contribution in [2.45, 2.75) is 56.4 Å². The molecule has 0 aromatic rings. The quantitative estimate of drug-likeness (QED) is 0.842. The van der Waals surface area contributed by atoms with E-state index in [0.29, 0.717) is 16.8 Å². The summed E-state index contributed by atoms with van der Waals surface area (Å²) in [4.78, 5) is 4.49. The third-order valence-electron chi connectivity index (χ3n) is 3.44. The summed E-state index contributed by atoms with van der Waals surface area (Å²) in [5.74, 6) is 0. The molecule has 102 valence electrons. The fourth-order valence-electron chi connectivity index (χ4n) is 2.54. The molecule has 3 nitrogen and oxygen atoms in total. The number of hydrogen-bond donors (Lipinski definition) is 2. The molecule has 6 heteroatoms. The van der Waals surface area contributed by atoms with Crippen LogP contribution in [0.4, 0.5) is 0 Å². The Kier molecular flexibility index (Phi) is 7.22. The SMILES string of the molecule is CCCN[C@]1(C)CCC2N=C(N)SC2C1.Cl.Cl. The largest absolute Gasteiger partial charge is 0.379 e. The number of hydrogen-bond acceptors (Lipinski definition) is 4. The van der Waals surface area contributed by atoms with E-state index in [2.05, 4.69) is 24.2 Å². The molecular weight excluding hydrogens is 277 g/mol. The second-order valence-electron chi connectivity index (χ2n) is 4.92. The number of nitrogens with two attached hydrogens (primary N) is 1. The summed E-state index contributed by atoms with van der Waals surface area (Å²) < 4.78 is 0. The molecule has 1 aliphatic heterocycles. The Labute approximate surface area is 121 Å². The molecule has 2 aliphatic rings. The molecular formula is C11H23Cl2N3S. The minimum absolute atomic E-state index is 0. The van der Waals surface area contributed by atoms with Crippen LogP contribution >= 0.6 is 36.6 Å². The maximum atomic E-state index is 5.78. The molecule has 2 unspecified atom stereocenters. The lowest BCUT2D eigenvalue weighted by Gasteiger charge is -2.39. The van der Waals surface area contributed by atoms with Gasteiger partial charge in [0.25, 0.3) is 0 Å². The van der Waals surface area contributed by atoms with Crippen molar-refractivity contribution in [1.29, 1.82) is 0 Å². The highest BCUT2D eigenvalue weighted by atomic mass is 35.5. The maximum Gasteiger partial charge on any atom is 0.154 e. The van der Waals surface area contributed by atoms with E-state index in [9.17, 15) is 0 Å². The molecule has 17 heavy (non-hydrogen) atoms. The molecule has 1 heterocycles. The summed E-state index contributed by atoms with van der Waals surface area (Å²) >= 11 is 1.77. The highest BCUT2D eigenvalue weighted by molar-refractivity contribution is 8.14. The first-order valence-electron chi connectivity index (χ1n) is 5.88. The van der Waals surface area contributed by atoms with Crippen LogP contribution in [0.25, 0.3) is 0 Å². The third-order valence-corrected chi connectivity index (χ3v) is 4.57. The zero-order valence-electron chi connectivity index (χ0n) is 10.4. The van der Waals surface area contributed by atoms with Gasteiger partial charge in [-0.2, -0.15) is 0 Å². The van der Waals surface area contributed by atoms with Crippen LogP contribution in [0, 0.1) is 0 Å². The Morgan fingerprint density at radius 3 is 2.88 bits per heavy atom. The van der Waals surface area contributed by atoms with Crippen molar-refractivity contribution in [2.24, 2.45) is 10.7 Å². The zero-order valence-corrected chi connectivity index (χ0v) is 12.9. The van der Waals surface area contributed by atoms with Gasteiger partial charge >= 0.3 is 0 Å². The summed E-state index contributed by atoms with van der Waals surface area (Å²) in [5.41, 5.74) is 6.09. The van der Waals surface area contributed by atoms with E-state index in [1.54, 1.807) is 11.8 Å². The number of thioether (sulfide) groups is 1. The fraction of sp³-hybridized carbons (Fsp3) is 0.909. The van der Waals surface area contributed by atoms with Crippen LogP contribution in [0.15, 0.2) is 4.99 Å². The number of nitrogens with zero attached hydrogens (tertiary/aromatic N) is 1. The van der Waals surface area contributed by atoms with Gasteiger partial charge in [-0.05, 0) is 39.2 Å². The Morgan fingerprint density at radius 2 is 2.24 bits per heavy atom. The normalized spacial score (nSPS) is 35.3. The van der Waals surface area contributed by atoms with Gasteiger partial charge in [0, 0.05) is 10.8 Å². The van der Waals surface area contributed by atoms with E-state index >= 15 is 0 Å². The van der Waals surface area contributed by atoms with Crippen molar-refractivity contribution in [3.8, 4) is 0 Å². The molecule has 3 atom stereocenters. The van der Waals surface area contributed by atoms with Gasteiger partial charge in [0.2, 0.25) is 0 Å². The second-order valence-corrected chi connectivity index (χ2v) is 6.18. The van der Waals surface area contributed by atoms with Gasteiger partial charge in [-0.3, -0.25) is 4.99 Å². The van der Waals surface area contributed by atoms with Gasteiger partial charge in [0.05, 0.1) is 6.04 Å². The van der Waals surface area contributed by atoms with Crippen molar-refractivity contribution in [3.05, 3.63) is 0 Å². The molecule has 0 aromatic carbocycles. The summed E-state index contributed by atoms with van der Waals surface area (Å²) in [5, 5.41) is 5.08. The Bertz CT molecular complexity index is 275. The van der Waals surface area contributed by atoms with Gasteiger partial charge in [0.15, 0.2) is 5.17 Å². The molecule has 0 amide bonds. The first-order valence-corrected chi connectivity index (χ1v) is 6.76.